The molecule has 1 aliphatic rings. The zero-order valence-corrected chi connectivity index (χ0v) is 9.85. The molecule has 2 rings (SSSR count). The summed E-state index contributed by atoms with van der Waals surface area (Å²) in [6, 6.07) is 5.61. The lowest BCUT2D eigenvalue weighted by molar-refractivity contribution is 0.0206. The Balaban J connectivity index is 2.41. The van der Waals surface area contributed by atoms with Crippen LogP contribution in [0.1, 0.15) is 18.4 Å². The van der Waals surface area contributed by atoms with Gasteiger partial charge in [0.25, 0.3) is 0 Å². The normalized spacial score (nSPS) is 31.3. The quantitative estimate of drug-likeness (QED) is 0.827. The first-order chi connectivity index (χ1) is 6.53. The Morgan fingerprint density at radius 3 is 2.64 bits per heavy atom. The van der Waals surface area contributed by atoms with Crippen LogP contribution in [0.25, 0.3) is 0 Å². The van der Waals surface area contributed by atoms with E-state index in [0.717, 1.165) is 10.0 Å². The molecule has 1 saturated carbocycles. The maximum absolute atomic E-state index is 9.29. The van der Waals surface area contributed by atoms with Crippen molar-refractivity contribution in [2.24, 2.45) is 5.73 Å². The molecule has 1 aliphatic carbocycles. The number of benzene rings is 1. The molecule has 3 N–H and O–H groups in total. The summed E-state index contributed by atoms with van der Waals surface area (Å²) in [7, 11) is 0. The SMILES string of the molecule is NC1(c2c(Cl)cccc2Br)CC(O)C1. The second-order valence-electron chi connectivity index (χ2n) is 3.81. The van der Waals surface area contributed by atoms with Gasteiger partial charge in [0.15, 0.2) is 0 Å². The number of halogens is 2. The van der Waals surface area contributed by atoms with Gasteiger partial charge in [-0.05, 0) is 25.0 Å². The van der Waals surface area contributed by atoms with Crippen LogP contribution in [0.4, 0.5) is 0 Å². The Morgan fingerprint density at radius 1 is 1.50 bits per heavy atom. The number of nitrogens with two attached hydrogens (primary N) is 1. The monoisotopic (exact) mass is 275 g/mol. The second kappa shape index (κ2) is 3.49. The topological polar surface area (TPSA) is 46.2 Å². The van der Waals surface area contributed by atoms with Gasteiger partial charge in [-0.2, -0.15) is 0 Å². The molecule has 0 aliphatic heterocycles. The van der Waals surface area contributed by atoms with Gasteiger partial charge in [0, 0.05) is 20.6 Å². The van der Waals surface area contributed by atoms with Gasteiger partial charge in [0.1, 0.15) is 0 Å². The fraction of sp³-hybridized carbons (Fsp3) is 0.400. The largest absolute Gasteiger partial charge is 0.393 e. The minimum absolute atomic E-state index is 0.289. The van der Waals surface area contributed by atoms with Gasteiger partial charge in [-0.15, -0.1) is 0 Å². The first kappa shape index (κ1) is 10.4. The van der Waals surface area contributed by atoms with Crippen molar-refractivity contribution in [1.29, 1.82) is 0 Å². The molecule has 0 saturated heterocycles. The van der Waals surface area contributed by atoms with Gasteiger partial charge >= 0.3 is 0 Å². The van der Waals surface area contributed by atoms with Gasteiger partial charge in [-0.25, -0.2) is 0 Å². The molecule has 1 aromatic rings. The summed E-state index contributed by atoms with van der Waals surface area (Å²) < 4.78 is 0.916. The fourth-order valence-electron chi connectivity index (χ4n) is 1.96. The van der Waals surface area contributed by atoms with E-state index in [1.54, 1.807) is 0 Å². The third-order valence-corrected chi connectivity index (χ3v) is 3.64. The smallest absolute Gasteiger partial charge is 0.0582 e. The van der Waals surface area contributed by atoms with Crippen LogP contribution in [0, 0.1) is 0 Å². The van der Waals surface area contributed by atoms with E-state index < -0.39 is 5.54 Å². The third-order valence-electron chi connectivity index (χ3n) is 2.66. The van der Waals surface area contributed by atoms with Crippen LogP contribution in [0.5, 0.6) is 0 Å². The van der Waals surface area contributed by atoms with E-state index >= 15 is 0 Å². The predicted molar refractivity (Wildman–Crippen MR) is 60.3 cm³/mol. The summed E-state index contributed by atoms with van der Waals surface area (Å²) >= 11 is 9.51. The first-order valence-electron chi connectivity index (χ1n) is 4.44. The van der Waals surface area contributed by atoms with Crippen molar-refractivity contribution >= 4 is 27.5 Å². The second-order valence-corrected chi connectivity index (χ2v) is 5.08. The molecule has 0 atom stereocenters. The Hall–Kier alpha value is -0.0900. The molecule has 0 spiro atoms. The van der Waals surface area contributed by atoms with Crippen LogP contribution in [0.3, 0.4) is 0 Å². The van der Waals surface area contributed by atoms with Gasteiger partial charge < -0.3 is 10.8 Å². The van der Waals surface area contributed by atoms with Crippen molar-refractivity contribution < 1.29 is 5.11 Å². The van der Waals surface area contributed by atoms with Gasteiger partial charge in [0.2, 0.25) is 0 Å². The molecule has 4 heteroatoms. The average molecular weight is 277 g/mol. The lowest BCUT2D eigenvalue weighted by atomic mass is 9.70. The highest BCUT2D eigenvalue weighted by Gasteiger charge is 2.43. The first-order valence-corrected chi connectivity index (χ1v) is 5.61. The Kier molecular flexibility index (Phi) is 2.60. The molecule has 76 valence electrons. The zero-order chi connectivity index (χ0) is 10.3. The molecular formula is C10H11BrClNO. The highest BCUT2D eigenvalue weighted by molar-refractivity contribution is 9.10. The lowest BCUT2D eigenvalue weighted by Gasteiger charge is -2.43. The van der Waals surface area contributed by atoms with Gasteiger partial charge in [0.05, 0.1) is 6.10 Å². The van der Waals surface area contributed by atoms with Crippen LogP contribution in [-0.2, 0) is 5.54 Å². The number of aliphatic hydroxyl groups is 1. The van der Waals surface area contributed by atoms with Crippen LogP contribution >= 0.6 is 27.5 Å². The molecule has 1 fully saturated rings. The minimum Gasteiger partial charge on any atom is -0.393 e. The Bertz CT molecular complexity index is 343. The summed E-state index contributed by atoms with van der Waals surface area (Å²) in [4.78, 5) is 0. The molecular weight excluding hydrogens is 265 g/mol. The van der Waals surface area contributed by atoms with Crippen molar-refractivity contribution in [3.63, 3.8) is 0 Å². The van der Waals surface area contributed by atoms with E-state index in [1.807, 2.05) is 18.2 Å². The molecule has 0 bridgehead atoms. The van der Waals surface area contributed by atoms with Gasteiger partial charge in [-0.3, -0.25) is 0 Å². The highest BCUT2D eigenvalue weighted by atomic mass is 79.9. The fourth-order valence-corrected chi connectivity index (χ4v) is 3.20. The molecule has 0 aromatic heterocycles. The summed E-state index contributed by atoms with van der Waals surface area (Å²) in [5.74, 6) is 0. The molecule has 0 unspecified atom stereocenters. The number of hydrogen-bond donors (Lipinski definition) is 2. The average Bonchev–Trinajstić information content (AvgIpc) is 2.00. The molecule has 0 heterocycles. The number of hydrogen-bond acceptors (Lipinski definition) is 2. The number of rotatable bonds is 1. The lowest BCUT2D eigenvalue weighted by Crippen LogP contribution is -2.52. The van der Waals surface area contributed by atoms with Crippen LogP contribution < -0.4 is 5.73 Å². The van der Waals surface area contributed by atoms with E-state index in [-0.39, 0.29) is 6.10 Å². The summed E-state index contributed by atoms with van der Waals surface area (Å²) in [6.07, 6.45) is 0.869. The van der Waals surface area contributed by atoms with Crippen molar-refractivity contribution in [3.05, 3.63) is 33.3 Å². The highest BCUT2D eigenvalue weighted by Crippen LogP contribution is 2.44. The Morgan fingerprint density at radius 2 is 2.14 bits per heavy atom. The van der Waals surface area contributed by atoms with Crippen LogP contribution in [0.2, 0.25) is 5.02 Å². The third kappa shape index (κ3) is 1.58. The van der Waals surface area contributed by atoms with Crippen LogP contribution in [0.15, 0.2) is 22.7 Å². The minimum atomic E-state index is -0.462. The standard InChI is InChI=1S/C10H11BrClNO/c11-7-2-1-3-8(12)9(7)10(13)4-6(14)5-10/h1-3,6,14H,4-5,13H2. The molecule has 14 heavy (non-hydrogen) atoms. The summed E-state index contributed by atoms with van der Waals surface area (Å²) in [5.41, 5.74) is 6.59. The van der Waals surface area contributed by atoms with Crippen molar-refractivity contribution in [2.45, 2.75) is 24.5 Å². The predicted octanol–water partition coefficient (Wildman–Crippen LogP) is 2.41. The van der Waals surface area contributed by atoms with E-state index in [2.05, 4.69) is 15.9 Å². The van der Waals surface area contributed by atoms with Crippen molar-refractivity contribution in [1.82, 2.24) is 0 Å². The van der Waals surface area contributed by atoms with E-state index in [1.165, 1.54) is 0 Å². The molecule has 0 radical (unpaired) electrons. The maximum atomic E-state index is 9.29. The van der Waals surface area contributed by atoms with E-state index in [0.29, 0.717) is 17.9 Å². The maximum Gasteiger partial charge on any atom is 0.0582 e. The molecule has 1 aromatic carbocycles. The zero-order valence-electron chi connectivity index (χ0n) is 7.50. The Labute approximate surface area is 96.2 Å². The van der Waals surface area contributed by atoms with Crippen molar-refractivity contribution in [3.8, 4) is 0 Å². The van der Waals surface area contributed by atoms with Crippen molar-refractivity contribution in [2.75, 3.05) is 0 Å². The summed E-state index contributed by atoms with van der Waals surface area (Å²) in [6.45, 7) is 0. The van der Waals surface area contributed by atoms with Gasteiger partial charge in [-0.1, -0.05) is 33.6 Å². The molecule has 2 nitrogen and oxygen atoms in total. The van der Waals surface area contributed by atoms with Crippen LogP contribution in [-0.4, -0.2) is 11.2 Å². The van der Waals surface area contributed by atoms with E-state index in [4.69, 9.17) is 17.3 Å². The molecule has 0 amide bonds. The number of aliphatic hydroxyl groups excluding tert-OH is 1. The summed E-state index contributed by atoms with van der Waals surface area (Å²) in [5, 5.41) is 9.95. The van der Waals surface area contributed by atoms with E-state index in [9.17, 15) is 5.11 Å².